The van der Waals surface area contributed by atoms with Crippen LogP contribution in [0.3, 0.4) is 0 Å². The van der Waals surface area contributed by atoms with E-state index in [-0.39, 0.29) is 17.1 Å². The van der Waals surface area contributed by atoms with Crippen molar-refractivity contribution in [2.75, 3.05) is 7.11 Å². The fourth-order valence-corrected chi connectivity index (χ4v) is 1.95. The summed E-state index contributed by atoms with van der Waals surface area (Å²) in [6.45, 7) is 0.332. The highest BCUT2D eigenvalue weighted by atomic mass is 16.5. The van der Waals surface area contributed by atoms with Crippen LogP contribution in [0.1, 0.15) is 17.2 Å². The molecular weight excluding hydrogens is 272 g/mol. The maximum atomic E-state index is 10.7. The van der Waals surface area contributed by atoms with Crippen molar-refractivity contribution in [3.63, 3.8) is 0 Å². The van der Waals surface area contributed by atoms with Crippen molar-refractivity contribution in [1.29, 1.82) is 0 Å². The SMILES string of the molecule is COc1cc(OCc2ccccc2)cc(O)c1[C@H](O)C=O. The monoisotopic (exact) mass is 288 g/mol. The van der Waals surface area contributed by atoms with Crippen LogP contribution in [-0.2, 0) is 11.4 Å². The van der Waals surface area contributed by atoms with E-state index in [0.29, 0.717) is 18.6 Å². The normalized spacial score (nSPS) is 11.7. The molecule has 0 unspecified atom stereocenters. The number of methoxy groups -OCH3 is 1. The summed E-state index contributed by atoms with van der Waals surface area (Å²) in [6.07, 6.45) is -1.12. The molecule has 110 valence electrons. The second-order valence-electron chi connectivity index (χ2n) is 4.41. The number of aromatic hydroxyl groups is 1. The van der Waals surface area contributed by atoms with Crippen LogP contribution in [0.2, 0.25) is 0 Å². The number of hydrogen-bond acceptors (Lipinski definition) is 5. The largest absolute Gasteiger partial charge is 0.507 e. The fraction of sp³-hybridized carbons (Fsp3) is 0.188. The summed E-state index contributed by atoms with van der Waals surface area (Å²) in [5.74, 6) is 0.324. The van der Waals surface area contributed by atoms with Gasteiger partial charge < -0.3 is 24.5 Å². The molecule has 0 amide bonds. The van der Waals surface area contributed by atoms with Gasteiger partial charge in [-0.3, -0.25) is 0 Å². The molecule has 0 saturated carbocycles. The summed E-state index contributed by atoms with van der Waals surface area (Å²) < 4.78 is 10.7. The van der Waals surface area contributed by atoms with Crippen molar-refractivity contribution >= 4 is 6.29 Å². The lowest BCUT2D eigenvalue weighted by Crippen LogP contribution is -2.03. The van der Waals surface area contributed by atoms with Gasteiger partial charge in [0.2, 0.25) is 0 Å². The van der Waals surface area contributed by atoms with Gasteiger partial charge in [0.05, 0.1) is 12.7 Å². The summed E-state index contributed by atoms with van der Waals surface area (Å²) in [7, 11) is 1.39. The average Bonchev–Trinajstić information content (AvgIpc) is 2.52. The first-order chi connectivity index (χ1) is 10.2. The molecule has 2 aromatic rings. The summed E-state index contributed by atoms with van der Waals surface area (Å²) in [4.78, 5) is 10.7. The molecule has 0 saturated heterocycles. The zero-order valence-electron chi connectivity index (χ0n) is 11.5. The van der Waals surface area contributed by atoms with Crippen LogP contribution in [0, 0.1) is 0 Å². The molecule has 0 fully saturated rings. The van der Waals surface area contributed by atoms with E-state index in [1.54, 1.807) is 0 Å². The Kier molecular flexibility index (Phi) is 4.79. The van der Waals surface area contributed by atoms with Crippen LogP contribution in [0.15, 0.2) is 42.5 Å². The molecule has 0 aromatic heterocycles. The molecule has 0 aliphatic rings. The lowest BCUT2D eigenvalue weighted by molar-refractivity contribution is -0.115. The van der Waals surface area contributed by atoms with Gasteiger partial charge in [-0.05, 0) is 5.56 Å². The molecule has 2 N–H and O–H groups in total. The Morgan fingerprint density at radius 2 is 1.95 bits per heavy atom. The van der Waals surface area contributed by atoms with Crippen LogP contribution in [0.4, 0.5) is 0 Å². The highest BCUT2D eigenvalue weighted by molar-refractivity contribution is 5.66. The average molecular weight is 288 g/mol. The van der Waals surface area contributed by atoms with Crippen LogP contribution in [-0.4, -0.2) is 23.6 Å². The third-order valence-corrected chi connectivity index (χ3v) is 2.99. The van der Waals surface area contributed by atoms with Crippen molar-refractivity contribution in [2.45, 2.75) is 12.7 Å². The standard InChI is InChI=1S/C16H16O5/c1-20-15-8-12(7-13(18)16(15)14(19)9-17)21-10-11-5-3-2-4-6-11/h2-9,14,18-19H,10H2,1H3/t14-/m1/s1. The summed E-state index contributed by atoms with van der Waals surface area (Å²) >= 11 is 0. The predicted molar refractivity (Wildman–Crippen MR) is 76.5 cm³/mol. The number of benzene rings is 2. The van der Waals surface area contributed by atoms with Crippen LogP contribution >= 0.6 is 0 Å². The highest BCUT2D eigenvalue weighted by Gasteiger charge is 2.19. The maximum Gasteiger partial charge on any atom is 0.153 e. The third kappa shape index (κ3) is 3.52. The minimum atomic E-state index is -1.44. The Bertz CT molecular complexity index is 610. The van der Waals surface area contributed by atoms with Crippen molar-refractivity contribution in [3.8, 4) is 17.2 Å². The first-order valence-corrected chi connectivity index (χ1v) is 6.36. The number of phenols is 1. The van der Waals surface area contributed by atoms with E-state index in [0.717, 1.165) is 5.56 Å². The lowest BCUT2D eigenvalue weighted by atomic mass is 10.1. The molecule has 1 atom stereocenters. The van der Waals surface area contributed by atoms with Crippen molar-refractivity contribution < 1.29 is 24.5 Å². The number of aldehydes is 1. The Morgan fingerprint density at radius 3 is 2.57 bits per heavy atom. The number of aliphatic hydroxyl groups excluding tert-OH is 1. The number of carbonyl (C=O) groups excluding carboxylic acids is 1. The molecule has 0 heterocycles. The van der Waals surface area contributed by atoms with Crippen molar-refractivity contribution in [3.05, 3.63) is 53.6 Å². The number of hydrogen-bond donors (Lipinski definition) is 2. The number of ether oxygens (including phenoxy) is 2. The molecule has 0 bridgehead atoms. The van der Waals surface area contributed by atoms with E-state index in [1.807, 2.05) is 30.3 Å². The lowest BCUT2D eigenvalue weighted by Gasteiger charge is -2.15. The predicted octanol–water partition coefficient (Wildman–Crippen LogP) is 2.21. The van der Waals surface area contributed by atoms with Gasteiger partial charge in [0.25, 0.3) is 0 Å². The minimum absolute atomic E-state index is 0.0274. The number of carbonyl (C=O) groups is 1. The molecular formula is C16H16O5. The van der Waals surface area contributed by atoms with E-state index in [2.05, 4.69) is 0 Å². The zero-order chi connectivity index (χ0) is 15.2. The molecule has 0 aliphatic carbocycles. The zero-order valence-corrected chi connectivity index (χ0v) is 11.5. The topological polar surface area (TPSA) is 76.0 Å². The molecule has 5 nitrogen and oxygen atoms in total. The second-order valence-corrected chi connectivity index (χ2v) is 4.41. The fourth-order valence-electron chi connectivity index (χ4n) is 1.95. The van der Waals surface area contributed by atoms with Gasteiger partial charge in [0, 0.05) is 12.1 Å². The summed E-state index contributed by atoms with van der Waals surface area (Å²) in [5.41, 5.74) is 1.01. The van der Waals surface area contributed by atoms with Crippen LogP contribution in [0.25, 0.3) is 0 Å². The maximum absolute atomic E-state index is 10.7. The first-order valence-electron chi connectivity index (χ1n) is 6.36. The van der Waals surface area contributed by atoms with E-state index >= 15 is 0 Å². The van der Waals surface area contributed by atoms with E-state index in [4.69, 9.17) is 9.47 Å². The van der Waals surface area contributed by atoms with Crippen LogP contribution in [0.5, 0.6) is 17.2 Å². The van der Waals surface area contributed by atoms with Gasteiger partial charge in [-0.25, -0.2) is 0 Å². The Labute approximate surface area is 122 Å². The third-order valence-electron chi connectivity index (χ3n) is 2.99. The second kappa shape index (κ2) is 6.76. The van der Waals surface area contributed by atoms with Gasteiger partial charge in [-0.1, -0.05) is 30.3 Å². The van der Waals surface area contributed by atoms with Gasteiger partial charge >= 0.3 is 0 Å². The summed E-state index contributed by atoms with van der Waals surface area (Å²) in [6, 6.07) is 12.4. The van der Waals surface area contributed by atoms with Gasteiger partial charge in [0.15, 0.2) is 6.29 Å². The Hall–Kier alpha value is -2.53. The van der Waals surface area contributed by atoms with E-state index in [9.17, 15) is 15.0 Å². The summed E-state index contributed by atoms with van der Waals surface area (Å²) in [5, 5.41) is 19.5. The van der Waals surface area contributed by atoms with Crippen LogP contribution < -0.4 is 9.47 Å². The van der Waals surface area contributed by atoms with Crippen molar-refractivity contribution in [1.82, 2.24) is 0 Å². The number of aliphatic hydroxyl groups is 1. The molecule has 2 rings (SSSR count). The van der Waals surface area contributed by atoms with Gasteiger partial charge in [-0.2, -0.15) is 0 Å². The van der Waals surface area contributed by atoms with Gasteiger partial charge in [-0.15, -0.1) is 0 Å². The molecule has 2 aromatic carbocycles. The first kappa shape index (κ1) is 14.9. The highest BCUT2D eigenvalue weighted by Crippen LogP contribution is 2.37. The smallest absolute Gasteiger partial charge is 0.153 e. The van der Waals surface area contributed by atoms with Gasteiger partial charge in [0.1, 0.15) is 30.0 Å². The molecule has 0 spiro atoms. The molecule has 0 radical (unpaired) electrons. The number of rotatable bonds is 6. The quantitative estimate of drug-likeness (QED) is 0.797. The van der Waals surface area contributed by atoms with Crippen molar-refractivity contribution in [2.24, 2.45) is 0 Å². The Balaban J connectivity index is 2.22. The Morgan fingerprint density at radius 1 is 1.24 bits per heavy atom. The van der Waals surface area contributed by atoms with E-state index in [1.165, 1.54) is 19.2 Å². The molecule has 5 heteroatoms. The minimum Gasteiger partial charge on any atom is -0.507 e. The molecule has 21 heavy (non-hydrogen) atoms. The van der Waals surface area contributed by atoms with E-state index < -0.39 is 6.10 Å². The number of phenolic OH excluding ortho intramolecular Hbond substituents is 1. The molecule has 0 aliphatic heterocycles.